The van der Waals surface area contributed by atoms with Crippen molar-refractivity contribution in [1.82, 2.24) is 0 Å². The quantitative estimate of drug-likeness (QED) is 0.735. The van der Waals surface area contributed by atoms with Crippen molar-refractivity contribution in [3.05, 3.63) is 29.3 Å². The maximum Gasteiger partial charge on any atom is 0.198 e. The van der Waals surface area contributed by atoms with E-state index >= 15 is 0 Å². The van der Waals surface area contributed by atoms with Gasteiger partial charge in [-0.25, -0.2) is 8.78 Å². The number of rotatable bonds is 0. The van der Waals surface area contributed by atoms with Gasteiger partial charge in [0.15, 0.2) is 17.4 Å². The summed E-state index contributed by atoms with van der Waals surface area (Å²) in [6.07, 6.45) is 0.602. The van der Waals surface area contributed by atoms with Crippen molar-refractivity contribution in [3.63, 3.8) is 0 Å². The second kappa shape index (κ2) is 3.40. The van der Waals surface area contributed by atoms with Crippen molar-refractivity contribution in [3.8, 4) is 0 Å². The summed E-state index contributed by atoms with van der Waals surface area (Å²) in [4.78, 5) is 0. The van der Waals surface area contributed by atoms with Gasteiger partial charge in [0.25, 0.3) is 0 Å². The van der Waals surface area contributed by atoms with Crippen molar-refractivity contribution in [2.45, 2.75) is 12.2 Å². The Hall–Kier alpha value is -1.20. The summed E-state index contributed by atoms with van der Waals surface area (Å²) in [6, 6.07) is 2.30. The molecule has 0 aromatic heterocycles. The molecule has 16 heavy (non-hydrogen) atoms. The number of hydrogen-bond donors (Lipinski definition) is 1. The molecule has 2 aliphatic rings. The molecular weight excluding hydrogens is 216 g/mol. The Morgan fingerprint density at radius 3 is 2.56 bits per heavy atom. The molecule has 0 unspecified atom stereocenters. The monoisotopic (exact) mass is 227 g/mol. The number of benzene rings is 1. The van der Waals surface area contributed by atoms with E-state index in [1.54, 1.807) is 0 Å². The van der Waals surface area contributed by atoms with Crippen molar-refractivity contribution >= 4 is 5.69 Å². The van der Waals surface area contributed by atoms with Crippen LogP contribution in [0.3, 0.4) is 0 Å². The minimum absolute atomic E-state index is 0.485. The van der Waals surface area contributed by atoms with Gasteiger partial charge in [-0.3, -0.25) is 0 Å². The van der Waals surface area contributed by atoms with Gasteiger partial charge in [0.05, 0.1) is 13.2 Å². The average Bonchev–Trinajstić information content (AvgIpc) is 2.71. The third-order valence-electron chi connectivity index (χ3n) is 2.99. The molecule has 2 heterocycles. The maximum absolute atomic E-state index is 13.2. The zero-order valence-corrected chi connectivity index (χ0v) is 8.56. The second-order valence-corrected chi connectivity index (χ2v) is 3.94. The molecule has 0 amide bonds. The van der Waals surface area contributed by atoms with Crippen molar-refractivity contribution < 1.29 is 18.3 Å². The summed E-state index contributed by atoms with van der Waals surface area (Å²) in [5.41, 5.74) is 1.10. The molecule has 1 N–H and O–H groups in total. The van der Waals surface area contributed by atoms with E-state index in [-0.39, 0.29) is 0 Å². The minimum atomic E-state index is -0.880. The highest BCUT2D eigenvalue weighted by atomic mass is 19.2. The summed E-state index contributed by atoms with van der Waals surface area (Å²) in [6.45, 7) is 1.59. The van der Waals surface area contributed by atoms with Crippen LogP contribution in [0.2, 0.25) is 0 Å². The Labute approximate surface area is 91.4 Å². The van der Waals surface area contributed by atoms with E-state index in [0.29, 0.717) is 37.4 Å². The first-order valence-electron chi connectivity index (χ1n) is 5.23. The van der Waals surface area contributed by atoms with E-state index in [9.17, 15) is 8.78 Å². The second-order valence-electron chi connectivity index (χ2n) is 3.94. The van der Waals surface area contributed by atoms with E-state index in [4.69, 9.17) is 9.47 Å². The number of fused-ring (bicyclic) bond motifs is 2. The van der Waals surface area contributed by atoms with E-state index in [2.05, 4.69) is 5.32 Å². The summed E-state index contributed by atoms with van der Waals surface area (Å²) in [7, 11) is 0. The SMILES string of the molecule is Fc1cc2c(cc1F)C1(CCN2)OCCO1. The van der Waals surface area contributed by atoms with Crippen LogP contribution in [-0.2, 0) is 15.3 Å². The normalized spacial score (nSPS) is 21.9. The van der Waals surface area contributed by atoms with E-state index in [0.717, 1.165) is 12.1 Å². The summed E-state index contributed by atoms with van der Waals surface area (Å²) in [5.74, 6) is -2.61. The smallest absolute Gasteiger partial charge is 0.198 e. The Balaban J connectivity index is 2.14. The molecule has 86 valence electrons. The van der Waals surface area contributed by atoms with Gasteiger partial charge in [0.1, 0.15) is 0 Å². The largest absolute Gasteiger partial charge is 0.384 e. The molecule has 0 atom stereocenters. The molecule has 1 aromatic rings. The zero-order chi connectivity index (χ0) is 11.2. The van der Waals surface area contributed by atoms with Gasteiger partial charge >= 0.3 is 0 Å². The number of hydrogen-bond acceptors (Lipinski definition) is 3. The summed E-state index contributed by atoms with van der Waals surface area (Å²) in [5, 5.41) is 3.02. The van der Waals surface area contributed by atoms with Crippen LogP contribution in [0.1, 0.15) is 12.0 Å². The maximum atomic E-state index is 13.2. The lowest BCUT2D eigenvalue weighted by atomic mass is 9.96. The molecular formula is C11H11F2NO2. The van der Waals surface area contributed by atoms with Crippen LogP contribution in [-0.4, -0.2) is 19.8 Å². The molecule has 1 spiro atoms. The van der Waals surface area contributed by atoms with Gasteiger partial charge in [0.2, 0.25) is 0 Å². The highest BCUT2D eigenvalue weighted by Crippen LogP contribution is 2.42. The van der Waals surface area contributed by atoms with Crippen LogP contribution in [0.15, 0.2) is 12.1 Å². The summed E-state index contributed by atoms with van der Waals surface area (Å²) < 4.78 is 37.4. The van der Waals surface area contributed by atoms with E-state index in [1.807, 2.05) is 0 Å². The molecule has 0 radical (unpaired) electrons. The van der Waals surface area contributed by atoms with Gasteiger partial charge in [-0.2, -0.15) is 0 Å². The lowest BCUT2D eigenvalue weighted by Gasteiger charge is -2.34. The van der Waals surface area contributed by atoms with Crippen LogP contribution in [0, 0.1) is 11.6 Å². The number of halogens is 2. The molecule has 5 heteroatoms. The molecule has 1 aromatic carbocycles. The molecule has 3 nitrogen and oxygen atoms in total. The number of ether oxygens (including phenoxy) is 2. The first-order chi connectivity index (χ1) is 7.71. The molecule has 0 saturated carbocycles. The Morgan fingerprint density at radius 2 is 1.81 bits per heavy atom. The summed E-state index contributed by atoms with van der Waals surface area (Å²) >= 11 is 0. The molecule has 0 aliphatic carbocycles. The minimum Gasteiger partial charge on any atom is -0.384 e. The lowest BCUT2D eigenvalue weighted by molar-refractivity contribution is -0.170. The van der Waals surface area contributed by atoms with Gasteiger partial charge in [-0.05, 0) is 6.07 Å². The van der Waals surface area contributed by atoms with Crippen LogP contribution in [0.5, 0.6) is 0 Å². The van der Waals surface area contributed by atoms with E-state index in [1.165, 1.54) is 0 Å². The van der Waals surface area contributed by atoms with Crippen LogP contribution in [0.25, 0.3) is 0 Å². The highest BCUT2D eigenvalue weighted by molar-refractivity contribution is 5.56. The fourth-order valence-corrected chi connectivity index (χ4v) is 2.26. The first kappa shape index (κ1) is 9.99. The van der Waals surface area contributed by atoms with Crippen molar-refractivity contribution in [2.75, 3.05) is 25.1 Å². The van der Waals surface area contributed by atoms with Gasteiger partial charge < -0.3 is 14.8 Å². The van der Waals surface area contributed by atoms with Crippen molar-refractivity contribution in [1.29, 1.82) is 0 Å². The predicted molar refractivity (Wildman–Crippen MR) is 53.0 cm³/mol. The Morgan fingerprint density at radius 1 is 1.12 bits per heavy atom. The third kappa shape index (κ3) is 1.32. The molecule has 3 rings (SSSR count). The highest BCUT2D eigenvalue weighted by Gasteiger charge is 2.42. The molecule has 1 saturated heterocycles. The van der Waals surface area contributed by atoms with Gasteiger partial charge in [-0.15, -0.1) is 0 Å². The standard InChI is InChI=1S/C11H11F2NO2/c12-8-5-7-10(6-9(8)13)14-2-1-11(7)15-3-4-16-11/h5-6,14H,1-4H2. The molecule has 0 bridgehead atoms. The van der Waals surface area contributed by atoms with Crippen LogP contribution < -0.4 is 5.32 Å². The molecule has 2 aliphatic heterocycles. The fourth-order valence-electron chi connectivity index (χ4n) is 2.26. The lowest BCUT2D eigenvalue weighted by Crippen LogP contribution is -2.35. The zero-order valence-electron chi connectivity index (χ0n) is 8.56. The topological polar surface area (TPSA) is 30.5 Å². The Bertz CT molecular complexity index is 430. The Kier molecular flexibility index (Phi) is 2.12. The molecule has 1 fully saturated rings. The first-order valence-corrected chi connectivity index (χ1v) is 5.23. The number of nitrogens with one attached hydrogen (secondary N) is 1. The fraction of sp³-hybridized carbons (Fsp3) is 0.455. The third-order valence-corrected chi connectivity index (χ3v) is 2.99. The average molecular weight is 227 g/mol. The van der Waals surface area contributed by atoms with Crippen LogP contribution in [0.4, 0.5) is 14.5 Å². The van der Waals surface area contributed by atoms with Gasteiger partial charge in [0, 0.05) is 30.3 Å². The van der Waals surface area contributed by atoms with Crippen molar-refractivity contribution in [2.24, 2.45) is 0 Å². The van der Waals surface area contributed by atoms with Gasteiger partial charge in [-0.1, -0.05) is 0 Å². The predicted octanol–water partition coefficient (Wildman–Crippen LogP) is 1.98. The van der Waals surface area contributed by atoms with E-state index < -0.39 is 17.4 Å². The number of anilines is 1. The van der Waals surface area contributed by atoms with Crippen LogP contribution >= 0.6 is 0 Å².